The normalized spacial score (nSPS) is 11.2. The van der Waals surface area contributed by atoms with Crippen LogP contribution in [0.25, 0.3) is 17.1 Å². The van der Waals surface area contributed by atoms with Crippen molar-refractivity contribution >= 4 is 23.4 Å². The minimum atomic E-state index is -0.325. The molecule has 4 nitrogen and oxygen atoms in total. The summed E-state index contributed by atoms with van der Waals surface area (Å²) in [5.41, 5.74) is 3.54. The van der Waals surface area contributed by atoms with Crippen molar-refractivity contribution in [2.45, 2.75) is 30.7 Å². The number of hydrogen-bond acceptors (Lipinski definition) is 4. The Morgan fingerprint density at radius 3 is 2.44 bits per heavy atom. The minimum absolute atomic E-state index is 0.302. The second-order valence-corrected chi connectivity index (χ2v) is 8.92. The SMILES string of the molecule is COc1ccc(-c2nnc(SCc3c(F)cccc3Cl)n2-c2ccccc2C(C)C)cc1. The highest BCUT2D eigenvalue weighted by molar-refractivity contribution is 7.98. The number of hydrogen-bond donors (Lipinski definition) is 0. The predicted molar refractivity (Wildman–Crippen MR) is 128 cm³/mol. The molecule has 1 heterocycles. The van der Waals surface area contributed by atoms with Gasteiger partial charge in [-0.1, -0.05) is 61.5 Å². The smallest absolute Gasteiger partial charge is 0.196 e. The summed E-state index contributed by atoms with van der Waals surface area (Å²) in [5, 5.41) is 10.0. The average molecular weight is 468 g/mol. The molecule has 0 N–H and O–H groups in total. The highest BCUT2D eigenvalue weighted by atomic mass is 35.5. The Morgan fingerprint density at radius 2 is 1.75 bits per heavy atom. The molecular formula is C25H23ClFN3OS. The van der Waals surface area contributed by atoms with E-state index in [1.165, 1.54) is 23.4 Å². The molecule has 0 bridgehead atoms. The van der Waals surface area contributed by atoms with Gasteiger partial charge in [0.2, 0.25) is 0 Å². The lowest BCUT2D eigenvalue weighted by Crippen LogP contribution is -2.05. The third kappa shape index (κ3) is 4.52. The molecule has 0 saturated heterocycles. The molecule has 0 aliphatic carbocycles. The van der Waals surface area contributed by atoms with Crippen LogP contribution in [0.4, 0.5) is 4.39 Å². The van der Waals surface area contributed by atoms with Crippen LogP contribution in [-0.4, -0.2) is 21.9 Å². The molecule has 7 heteroatoms. The van der Waals surface area contributed by atoms with Crippen molar-refractivity contribution < 1.29 is 9.13 Å². The van der Waals surface area contributed by atoms with E-state index in [9.17, 15) is 4.39 Å². The number of halogens is 2. The number of para-hydroxylation sites is 1. The fourth-order valence-corrected chi connectivity index (χ4v) is 4.78. The van der Waals surface area contributed by atoms with E-state index in [-0.39, 0.29) is 5.82 Å². The van der Waals surface area contributed by atoms with Crippen LogP contribution < -0.4 is 4.74 Å². The van der Waals surface area contributed by atoms with E-state index in [4.69, 9.17) is 16.3 Å². The van der Waals surface area contributed by atoms with Crippen molar-refractivity contribution in [3.63, 3.8) is 0 Å². The van der Waals surface area contributed by atoms with Gasteiger partial charge in [-0.2, -0.15) is 0 Å². The second kappa shape index (κ2) is 9.76. The molecule has 0 aliphatic heterocycles. The standard InChI is InChI=1S/C25H23ClFN3OS/c1-16(2)19-7-4-5-10-23(19)30-24(17-11-13-18(31-3)14-12-17)28-29-25(30)32-15-20-21(26)8-6-9-22(20)27/h4-14,16H,15H2,1-3H3. The molecule has 164 valence electrons. The molecule has 32 heavy (non-hydrogen) atoms. The number of benzene rings is 3. The van der Waals surface area contributed by atoms with Gasteiger partial charge >= 0.3 is 0 Å². The molecule has 0 fully saturated rings. The molecule has 3 aromatic carbocycles. The Bertz CT molecular complexity index is 1200. The minimum Gasteiger partial charge on any atom is -0.497 e. The van der Waals surface area contributed by atoms with Crippen LogP contribution in [0.15, 0.2) is 71.9 Å². The van der Waals surface area contributed by atoms with Crippen molar-refractivity contribution in [1.82, 2.24) is 14.8 Å². The largest absolute Gasteiger partial charge is 0.497 e. The maximum absolute atomic E-state index is 14.3. The third-order valence-electron chi connectivity index (χ3n) is 5.19. The van der Waals surface area contributed by atoms with E-state index >= 15 is 0 Å². The van der Waals surface area contributed by atoms with E-state index in [0.717, 1.165) is 17.0 Å². The lowest BCUT2D eigenvalue weighted by atomic mass is 10.0. The Kier molecular flexibility index (Phi) is 6.82. The van der Waals surface area contributed by atoms with E-state index in [2.05, 4.69) is 36.2 Å². The predicted octanol–water partition coefficient (Wildman–Crippen LogP) is 7.15. The highest BCUT2D eigenvalue weighted by Gasteiger charge is 2.20. The van der Waals surface area contributed by atoms with E-state index in [1.807, 2.05) is 41.0 Å². The summed E-state index contributed by atoms with van der Waals surface area (Å²) in [7, 11) is 1.64. The van der Waals surface area contributed by atoms with Crippen LogP contribution in [-0.2, 0) is 5.75 Å². The summed E-state index contributed by atoms with van der Waals surface area (Å²) in [6.07, 6.45) is 0. The average Bonchev–Trinajstić information content (AvgIpc) is 3.22. The molecule has 0 aliphatic rings. The summed E-state index contributed by atoms with van der Waals surface area (Å²) in [6, 6.07) is 20.6. The second-order valence-electron chi connectivity index (χ2n) is 7.57. The quantitative estimate of drug-likeness (QED) is 0.270. The van der Waals surface area contributed by atoms with Gasteiger partial charge in [0.05, 0.1) is 12.8 Å². The first-order valence-corrected chi connectivity index (χ1v) is 11.6. The first kappa shape index (κ1) is 22.4. The van der Waals surface area contributed by atoms with Gasteiger partial charge in [-0.25, -0.2) is 4.39 Å². The van der Waals surface area contributed by atoms with Gasteiger partial charge in [0.25, 0.3) is 0 Å². The number of thioether (sulfide) groups is 1. The highest BCUT2D eigenvalue weighted by Crippen LogP contribution is 2.35. The van der Waals surface area contributed by atoms with Gasteiger partial charge in [0, 0.05) is 21.9 Å². The molecule has 1 aromatic heterocycles. The molecular weight excluding hydrogens is 445 g/mol. The van der Waals surface area contributed by atoms with Gasteiger partial charge in [-0.15, -0.1) is 10.2 Å². The van der Waals surface area contributed by atoms with Gasteiger partial charge in [0.1, 0.15) is 11.6 Å². The molecule has 4 rings (SSSR count). The fraction of sp³-hybridized carbons (Fsp3) is 0.200. The van der Waals surface area contributed by atoms with Crippen LogP contribution in [0.1, 0.15) is 30.9 Å². The van der Waals surface area contributed by atoms with E-state index < -0.39 is 0 Å². The van der Waals surface area contributed by atoms with Crippen molar-refractivity contribution in [3.8, 4) is 22.8 Å². The lowest BCUT2D eigenvalue weighted by molar-refractivity contribution is 0.415. The number of rotatable bonds is 7. The Labute approximate surface area is 196 Å². The van der Waals surface area contributed by atoms with E-state index in [1.54, 1.807) is 19.2 Å². The summed E-state index contributed by atoms with van der Waals surface area (Å²) in [6.45, 7) is 4.31. The van der Waals surface area contributed by atoms with Crippen molar-refractivity contribution in [2.75, 3.05) is 7.11 Å². The summed E-state index contributed by atoms with van der Waals surface area (Å²) in [4.78, 5) is 0. The van der Waals surface area contributed by atoms with Crippen LogP contribution in [0.5, 0.6) is 5.75 Å². The van der Waals surface area contributed by atoms with Gasteiger partial charge in [0.15, 0.2) is 11.0 Å². The van der Waals surface area contributed by atoms with Crippen LogP contribution in [0, 0.1) is 5.82 Å². The zero-order chi connectivity index (χ0) is 22.7. The first-order chi connectivity index (χ1) is 15.5. The monoisotopic (exact) mass is 467 g/mol. The molecule has 0 spiro atoms. The maximum atomic E-state index is 14.3. The summed E-state index contributed by atoms with van der Waals surface area (Å²) >= 11 is 7.65. The van der Waals surface area contributed by atoms with Crippen LogP contribution in [0.2, 0.25) is 5.02 Å². The Balaban J connectivity index is 1.81. The van der Waals surface area contributed by atoms with Crippen LogP contribution in [0.3, 0.4) is 0 Å². The zero-order valence-corrected chi connectivity index (χ0v) is 19.6. The van der Waals surface area contributed by atoms with Crippen LogP contribution >= 0.6 is 23.4 Å². The number of methoxy groups -OCH3 is 1. The number of nitrogens with zero attached hydrogens (tertiary/aromatic N) is 3. The fourth-order valence-electron chi connectivity index (χ4n) is 3.49. The molecule has 0 atom stereocenters. The van der Waals surface area contributed by atoms with Gasteiger partial charge in [-0.05, 0) is 53.9 Å². The first-order valence-electron chi connectivity index (χ1n) is 10.2. The molecule has 4 aromatic rings. The lowest BCUT2D eigenvalue weighted by Gasteiger charge is -2.17. The van der Waals surface area contributed by atoms with Crippen molar-refractivity contribution in [3.05, 3.63) is 88.7 Å². The zero-order valence-electron chi connectivity index (χ0n) is 18.0. The molecule has 0 unspecified atom stereocenters. The van der Waals surface area contributed by atoms with Gasteiger partial charge in [-0.3, -0.25) is 4.57 Å². The number of ether oxygens (including phenoxy) is 1. The molecule has 0 saturated carbocycles. The topological polar surface area (TPSA) is 39.9 Å². The summed E-state index contributed by atoms with van der Waals surface area (Å²) < 4.78 is 21.7. The summed E-state index contributed by atoms with van der Waals surface area (Å²) in [5.74, 6) is 1.80. The van der Waals surface area contributed by atoms with Crippen molar-refractivity contribution in [1.29, 1.82) is 0 Å². The van der Waals surface area contributed by atoms with Crippen molar-refractivity contribution in [2.24, 2.45) is 0 Å². The third-order valence-corrected chi connectivity index (χ3v) is 6.50. The van der Waals surface area contributed by atoms with E-state index in [0.29, 0.717) is 33.2 Å². The molecule has 0 amide bonds. The Hall–Kier alpha value is -2.83. The molecule has 0 radical (unpaired) electrons. The maximum Gasteiger partial charge on any atom is 0.196 e. The Morgan fingerprint density at radius 1 is 1.00 bits per heavy atom. The number of aromatic nitrogens is 3. The van der Waals surface area contributed by atoms with Gasteiger partial charge < -0.3 is 4.74 Å².